The first-order valence-electron chi connectivity index (χ1n) is 6.25. The third-order valence-corrected chi connectivity index (χ3v) is 4.46. The minimum Gasteiger partial charge on any atom is -0.381 e. The maximum Gasteiger partial charge on any atom is 0.134 e. The Morgan fingerprint density at radius 2 is 2.12 bits per heavy atom. The van der Waals surface area contributed by atoms with E-state index in [1.807, 2.05) is 11.8 Å². The predicted molar refractivity (Wildman–Crippen MR) is 66.9 cm³/mol. The summed E-state index contributed by atoms with van der Waals surface area (Å²) < 4.78 is 5.30. The topological polar surface area (TPSA) is 38.3 Å². The number of rotatable bonds is 4. The predicted octanol–water partition coefficient (Wildman–Crippen LogP) is 1.47. The first-order chi connectivity index (χ1) is 7.84. The minimum atomic E-state index is 0.422. The smallest absolute Gasteiger partial charge is 0.134 e. The van der Waals surface area contributed by atoms with E-state index in [1.54, 1.807) is 0 Å². The number of carbonyl (C=O) groups excluding carboxylic acids is 1. The van der Waals surface area contributed by atoms with E-state index >= 15 is 0 Å². The Labute approximate surface area is 102 Å². The summed E-state index contributed by atoms with van der Waals surface area (Å²) in [6.07, 6.45) is 3.63. The van der Waals surface area contributed by atoms with Crippen molar-refractivity contribution < 1.29 is 9.53 Å². The van der Waals surface area contributed by atoms with Crippen LogP contribution in [0.3, 0.4) is 0 Å². The largest absolute Gasteiger partial charge is 0.381 e. The lowest BCUT2D eigenvalue weighted by Gasteiger charge is -2.24. The average molecular weight is 243 g/mol. The Bertz CT molecular complexity index is 201. The molecule has 2 aliphatic heterocycles. The van der Waals surface area contributed by atoms with Gasteiger partial charge in [0.1, 0.15) is 5.78 Å². The molecule has 2 rings (SSSR count). The third-order valence-electron chi connectivity index (χ3n) is 3.33. The number of ketones is 1. The molecule has 0 saturated carbocycles. The fourth-order valence-electron chi connectivity index (χ4n) is 2.38. The van der Waals surface area contributed by atoms with Crippen LogP contribution in [-0.4, -0.2) is 43.1 Å². The monoisotopic (exact) mass is 243 g/mol. The lowest BCUT2D eigenvalue weighted by atomic mass is 9.92. The first-order valence-corrected chi connectivity index (χ1v) is 7.40. The Hall–Kier alpha value is -0.0600. The van der Waals surface area contributed by atoms with Gasteiger partial charge in [0.15, 0.2) is 0 Å². The quantitative estimate of drug-likeness (QED) is 0.811. The number of Topliss-reactive ketones (excluding diaryl/α,β-unsaturated/α-hetero) is 1. The molecule has 4 heteroatoms. The van der Waals surface area contributed by atoms with Crippen molar-refractivity contribution in [2.24, 2.45) is 5.92 Å². The third kappa shape index (κ3) is 4.07. The van der Waals surface area contributed by atoms with Crippen LogP contribution in [-0.2, 0) is 9.53 Å². The first kappa shape index (κ1) is 12.4. The number of hydrogen-bond donors (Lipinski definition) is 1. The van der Waals surface area contributed by atoms with Gasteiger partial charge in [-0.15, -0.1) is 0 Å². The highest BCUT2D eigenvalue weighted by Crippen LogP contribution is 2.20. The SMILES string of the molecule is O=C(CC1CCOCC1)CC1CSCCN1. The van der Waals surface area contributed by atoms with E-state index < -0.39 is 0 Å². The average Bonchev–Trinajstić information content (AvgIpc) is 2.31. The van der Waals surface area contributed by atoms with Crippen molar-refractivity contribution in [3.63, 3.8) is 0 Å². The maximum absolute atomic E-state index is 11.9. The zero-order valence-corrected chi connectivity index (χ0v) is 10.6. The van der Waals surface area contributed by atoms with Gasteiger partial charge in [-0.05, 0) is 18.8 Å². The molecule has 1 atom stereocenters. The fourth-order valence-corrected chi connectivity index (χ4v) is 3.33. The minimum absolute atomic E-state index is 0.422. The van der Waals surface area contributed by atoms with Crippen LogP contribution in [0.2, 0.25) is 0 Å². The van der Waals surface area contributed by atoms with Gasteiger partial charge >= 0.3 is 0 Å². The standard InChI is InChI=1S/C12H21NO2S/c14-12(7-10-1-4-15-5-2-10)8-11-9-16-6-3-13-11/h10-11,13H,1-9H2. The summed E-state index contributed by atoms with van der Waals surface area (Å²) in [7, 11) is 0. The van der Waals surface area contributed by atoms with E-state index in [2.05, 4.69) is 5.32 Å². The lowest BCUT2D eigenvalue weighted by molar-refractivity contribution is -0.121. The van der Waals surface area contributed by atoms with Gasteiger partial charge in [0.05, 0.1) is 0 Å². The van der Waals surface area contributed by atoms with Crippen LogP contribution >= 0.6 is 11.8 Å². The second-order valence-corrected chi connectivity index (χ2v) is 5.88. The van der Waals surface area contributed by atoms with Gasteiger partial charge in [0.2, 0.25) is 0 Å². The number of hydrogen-bond acceptors (Lipinski definition) is 4. The van der Waals surface area contributed by atoms with Crippen LogP contribution in [0.15, 0.2) is 0 Å². The van der Waals surface area contributed by atoms with E-state index in [-0.39, 0.29) is 0 Å². The summed E-state index contributed by atoms with van der Waals surface area (Å²) in [4.78, 5) is 11.9. The second kappa shape index (κ2) is 6.62. The molecule has 16 heavy (non-hydrogen) atoms. The Balaban J connectivity index is 1.66. The number of nitrogens with one attached hydrogen (secondary N) is 1. The molecule has 0 aromatic carbocycles. The van der Waals surface area contributed by atoms with E-state index in [0.717, 1.165) is 51.2 Å². The zero-order chi connectivity index (χ0) is 11.2. The molecule has 1 unspecified atom stereocenters. The van der Waals surface area contributed by atoms with Crippen molar-refractivity contribution in [1.29, 1.82) is 0 Å². The summed E-state index contributed by atoms with van der Waals surface area (Å²) in [5, 5.41) is 3.42. The van der Waals surface area contributed by atoms with Crippen molar-refractivity contribution in [3.8, 4) is 0 Å². The van der Waals surface area contributed by atoms with Crippen molar-refractivity contribution in [3.05, 3.63) is 0 Å². The van der Waals surface area contributed by atoms with Crippen LogP contribution in [0.1, 0.15) is 25.7 Å². The van der Waals surface area contributed by atoms with Crippen LogP contribution in [0.4, 0.5) is 0 Å². The molecule has 2 heterocycles. The van der Waals surface area contributed by atoms with Crippen LogP contribution in [0.25, 0.3) is 0 Å². The molecule has 2 fully saturated rings. The molecule has 0 amide bonds. The molecule has 0 aromatic rings. The van der Waals surface area contributed by atoms with Gasteiger partial charge in [0, 0.05) is 50.1 Å². The highest BCUT2D eigenvalue weighted by molar-refractivity contribution is 7.99. The van der Waals surface area contributed by atoms with Gasteiger partial charge in [-0.25, -0.2) is 0 Å². The molecule has 0 spiro atoms. The van der Waals surface area contributed by atoms with Crippen LogP contribution in [0.5, 0.6) is 0 Å². The summed E-state index contributed by atoms with van der Waals surface area (Å²) in [6.45, 7) is 2.74. The lowest BCUT2D eigenvalue weighted by Crippen LogP contribution is -2.39. The van der Waals surface area contributed by atoms with Gasteiger partial charge < -0.3 is 10.1 Å². The zero-order valence-electron chi connectivity index (χ0n) is 9.74. The fraction of sp³-hybridized carbons (Fsp3) is 0.917. The van der Waals surface area contributed by atoms with Crippen molar-refractivity contribution in [2.75, 3.05) is 31.3 Å². The Morgan fingerprint density at radius 1 is 1.31 bits per heavy atom. The Morgan fingerprint density at radius 3 is 2.81 bits per heavy atom. The molecule has 0 aromatic heterocycles. The van der Waals surface area contributed by atoms with Crippen molar-refractivity contribution in [1.82, 2.24) is 5.32 Å². The van der Waals surface area contributed by atoms with Crippen molar-refractivity contribution >= 4 is 17.5 Å². The molecular formula is C12H21NO2S. The molecule has 2 saturated heterocycles. The van der Waals surface area contributed by atoms with E-state index in [1.165, 1.54) is 5.75 Å². The van der Waals surface area contributed by atoms with E-state index in [0.29, 0.717) is 17.7 Å². The molecule has 1 N–H and O–H groups in total. The number of thioether (sulfide) groups is 1. The molecule has 92 valence electrons. The maximum atomic E-state index is 11.9. The summed E-state index contributed by atoms with van der Waals surface area (Å²) in [5.41, 5.74) is 0. The summed E-state index contributed by atoms with van der Waals surface area (Å²) >= 11 is 1.96. The van der Waals surface area contributed by atoms with Crippen LogP contribution in [0, 0.1) is 5.92 Å². The summed E-state index contributed by atoms with van der Waals surface area (Å²) in [6, 6.07) is 0.422. The molecule has 2 aliphatic rings. The molecule has 0 bridgehead atoms. The van der Waals surface area contributed by atoms with Gasteiger partial charge in [-0.1, -0.05) is 0 Å². The molecular weight excluding hydrogens is 222 g/mol. The number of ether oxygens (including phenoxy) is 1. The van der Waals surface area contributed by atoms with E-state index in [4.69, 9.17) is 4.74 Å². The van der Waals surface area contributed by atoms with E-state index in [9.17, 15) is 4.79 Å². The molecule has 3 nitrogen and oxygen atoms in total. The van der Waals surface area contributed by atoms with Crippen molar-refractivity contribution in [2.45, 2.75) is 31.7 Å². The second-order valence-electron chi connectivity index (χ2n) is 4.73. The van der Waals surface area contributed by atoms with Gasteiger partial charge in [-0.3, -0.25) is 4.79 Å². The van der Waals surface area contributed by atoms with Gasteiger partial charge in [-0.2, -0.15) is 11.8 Å². The number of carbonyl (C=O) groups is 1. The molecule has 0 radical (unpaired) electrons. The highest BCUT2D eigenvalue weighted by Gasteiger charge is 2.21. The highest BCUT2D eigenvalue weighted by atomic mass is 32.2. The Kier molecular flexibility index (Phi) is 5.13. The molecule has 0 aliphatic carbocycles. The van der Waals surface area contributed by atoms with Crippen LogP contribution < -0.4 is 5.32 Å². The normalized spacial score (nSPS) is 27.9. The summed E-state index contributed by atoms with van der Waals surface area (Å²) in [5.74, 6) is 3.30. The van der Waals surface area contributed by atoms with Gasteiger partial charge in [0.25, 0.3) is 0 Å².